The van der Waals surface area contributed by atoms with Crippen LogP contribution in [0, 0.1) is 11.7 Å². The van der Waals surface area contributed by atoms with Gasteiger partial charge in [0, 0.05) is 17.2 Å². The van der Waals surface area contributed by atoms with Gasteiger partial charge in [-0.1, -0.05) is 31.9 Å². The molecule has 1 heterocycles. The first-order valence-corrected chi connectivity index (χ1v) is 9.04. The Balaban J connectivity index is 1.93. The van der Waals surface area contributed by atoms with Crippen LogP contribution < -0.4 is 9.64 Å². The van der Waals surface area contributed by atoms with Gasteiger partial charge in [-0.05, 0) is 37.7 Å². The average molecular weight is 366 g/mol. The third-order valence-corrected chi connectivity index (χ3v) is 5.02. The van der Waals surface area contributed by atoms with E-state index in [0.29, 0.717) is 36.5 Å². The standard InChI is InChI=1S/C19H21ClFNO3/c1-3-4-7-25-17-10-16(15(21)9-14(17)20)22-18(23)12-6-5-11(2)8-13(12)19(22)24/h9-11H,3-8H2,1-2H3. The lowest BCUT2D eigenvalue weighted by Crippen LogP contribution is -2.32. The fourth-order valence-electron chi connectivity index (χ4n) is 3.28. The molecule has 1 aromatic rings. The number of ether oxygens (including phenoxy) is 1. The van der Waals surface area contributed by atoms with Gasteiger partial charge in [0.15, 0.2) is 0 Å². The van der Waals surface area contributed by atoms with Crippen LogP contribution in [0.4, 0.5) is 10.1 Å². The van der Waals surface area contributed by atoms with Crippen LogP contribution >= 0.6 is 11.6 Å². The molecular formula is C19H21ClFNO3. The highest BCUT2D eigenvalue weighted by molar-refractivity contribution is 6.34. The first-order chi connectivity index (χ1) is 11.9. The number of carbonyl (C=O) groups is 2. The van der Waals surface area contributed by atoms with Crippen LogP contribution in [0.2, 0.25) is 5.02 Å². The van der Waals surface area contributed by atoms with Crippen LogP contribution in [-0.2, 0) is 9.59 Å². The predicted octanol–water partition coefficient (Wildman–Crippen LogP) is 4.65. The Morgan fingerprint density at radius 3 is 2.72 bits per heavy atom. The number of anilines is 1. The molecule has 6 heteroatoms. The first-order valence-electron chi connectivity index (χ1n) is 8.66. The fraction of sp³-hybridized carbons (Fsp3) is 0.474. The average Bonchev–Trinajstić information content (AvgIpc) is 2.81. The number of imide groups is 1. The molecule has 2 amide bonds. The molecule has 0 aromatic heterocycles. The second-order valence-corrected chi connectivity index (χ2v) is 7.09. The highest BCUT2D eigenvalue weighted by atomic mass is 35.5. The van der Waals surface area contributed by atoms with Gasteiger partial charge in [0.25, 0.3) is 11.8 Å². The molecule has 25 heavy (non-hydrogen) atoms. The molecule has 0 fully saturated rings. The lowest BCUT2D eigenvalue weighted by Gasteiger charge is -2.18. The lowest BCUT2D eigenvalue weighted by molar-refractivity contribution is -0.120. The maximum atomic E-state index is 14.5. The van der Waals surface area contributed by atoms with Gasteiger partial charge in [-0.3, -0.25) is 9.59 Å². The Morgan fingerprint density at radius 2 is 2.00 bits per heavy atom. The van der Waals surface area contributed by atoms with Crippen molar-refractivity contribution in [2.75, 3.05) is 11.5 Å². The third-order valence-electron chi connectivity index (χ3n) is 4.72. The summed E-state index contributed by atoms with van der Waals surface area (Å²) in [6, 6.07) is 2.45. The number of unbranched alkanes of at least 4 members (excludes halogenated alkanes) is 1. The summed E-state index contributed by atoms with van der Waals surface area (Å²) in [6.07, 6.45) is 3.76. The van der Waals surface area contributed by atoms with Gasteiger partial charge in [-0.25, -0.2) is 9.29 Å². The minimum atomic E-state index is -0.706. The van der Waals surface area contributed by atoms with Crippen LogP contribution in [0.25, 0.3) is 0 Å². The highest BCUT2D eigenvalue weighted by Crippen LogP contribution is 2.40. The van der Waals surface area contributed by atoms with Gasteiger partial charge in [-0.2, -0.15) is 0 Å². The van der Waals surface area contributed by atoms with Crippen molar-refractivity contribution in [1.29, 1.82) is 0 Å². The van der Waals surface area contributed by atoms with Gasteiger partial charge in [0.1, 0.15) is 11.6 Å². The zero-order valence-electron chi connectivity index (χ0n) is 14.4. The van der Waals surface area contributed by atoms with E-state index in [1.165, 1.54) is 6.07 Å². The van der Waals surface area contributed by atoms with E-state index in [4.69, 9.17) is 16.3 Å². The van der Waals surface area contributed by atoms with Crippen LogP contribution in [0.1, 0.15) is 46.0 Å². The number of carbonyl (C=O) groups excluding carboxylic acids is 2. The van der Waals surface area contributed by atoms with E-state index in [2.05, 4.69) is 0 Å². The zero-order valence-corrected chi connectivity index (χ0v) is 15.2. The quantitative estimate of drug-likeness (QED) is 0.563. The van der Waals surface area contributed by atoms with Gasteiger partial charge >= 0.3 is 0 Å². The topological polar surface area (TPSA) is 46.6 Å². The minimum absolute atomic E-state index is 0.0899. The normalized spacial score (nSPS) is 20.3. The molecule has 0 saturated carbocycles. The fourth-order valence-corrected chi connectivity index (χ4v) is 3.48. The second kappa shape index (κ2) is 7.16. The van der Waals surface area contributed by atoms with Crippen molar-refractivity contribution in [3.05, 3.63) is 34.1 Å². The molecule has 134 valence electrons. The van der Waals surface area contributed by atoms with Crippen LogP contribution in [0.5, 0.6) is 5.75 Å². The van der Waals surface area contributed by atoms with E-state index in [1.807, 2.05) is 13.8 Å². The van der Waals surface area contributed by atoms with E-state index in [0.717, 1.165) is 30.2 Å². The SMILES string of the molecule is CCCCOc1cc(N2C(=O)C3=C(CC(C)CC3)C2=O)c(F)cc1Cl. The van der Waals surface area contributed by atoms with Crippen molar-refractivity contribution < 1.29 is 18.7 Å². The molecule has 0 N–H and O–H groups in total. The predicted molar refractivity (Wildman–Crippen MR) is 94.3 cm³/mol. The van der Waals surface area contributed by atoms with Crippen molar-refractivity contribution in [1.82, 2.24) is 0 Å². The second-order valence-electron chi connectivity index (χ2n) is 6.69. The molecule has 0 saturated heterocycles. The number of halogens is 2. The number of amides is 2. The molecule has 4 nitrogen and oxygen atoms in total. The molecule has 0 spiro atoms. The molecule has 3 rings (SSSR count). The molecule has 2 aliphatic rings. The summed E-state index contributed by atoms with van der Waals surface area (Å²) in [7, 11) is 0. The van der Waals surface area contributed by atoms with Crippen LogP contribution in [-0.4, -0.2) is 18.4 Å². The molecule has 1 atom stereocenters. The van der Waals surface area contributed by atoms with Gasteiger partial charge in [-0.15, -0.1) is 0 Å². The zero-order chi connectivity index (χ0) is 18.1. The largest absolute Gasteiger partial charge is 0.492 e. The number of hydrogen-bond acceptors (Lipinski definition) is 3. The van der Waals surface area contributed by atoms with Crippen LogP contribution in [0.15, 0.2) is 23.3 Å². The first kappa shape index (κ1) is 17.9. The lowest BCUT2D eigenvalue weighted by atomic mass is 9.86. The van der Waals surface area contributed by atoms with Crippen molar-refractivity contribution in [3.63, 3.8) is 0 Å². The molecule has 1 aliphatic heterocycles. The molecule has 1 aromatic carbocycles. The van der Waals surface area contributed by atoms with Gasteiger partial charge in [0.05, 0.1) is 17.3 Å². The number of hydrogen-bond donors (Lipinski definition) is 0. The van der Waals surface area contributed by atoms with E-state index in [9.17, 15) is 14.0 Å². The molecule has 1 unspecified atom stereocenters. The van der Waals surface area contributed by atoms with E-state index in [-0.39, 0.29) is 16.5 Å². The Morgan fingerprint density at radius 1 is 1.28 bits per heavy atom. The number of nitrogens with zero attached hydrogens (tertiary/aromatic N) is 1. The monoisotopic (exact) mass is 365 g/mol. The summed E-state index contributed by atoms with van der Waals surface area (Å²) in [4.78, 5) is 26.3. The summed E-state index contributed by atoms with van der Waals surface area (Å²) in [6.45, 7) is 4.52. The number of benzene rings is 1. The van der Waals surface area contributed by atoms with E-state index >= 15 is 0 Å². The third kappa shape index (κ3) is 3.30. The Bertz CT molecular complexity index is 759. The summed E-state index contributed by atoms with van der Waals surface area (Å²) in [5, 5.41) is 0.128. The van der Waals surface area contributed by atoms with E-state index in [1.54, 1.807) is 0 Å². The summed E-state index contributed by atoms with van der Waals surface area (Å²) >= 11 is 6.04. The summed E-state index contributed by atoms with van der Waals surface area (Å²) < 4.78 is 20.0. The minimum Gasteiger partial charge on any atom is -0.492 e. The van der Waals surface area contributed by atoms with Gasteiger partial charge in [0.2, 0.25) is 0 Å². The van der Waals surface area contributed by atoms with Crippen molar-refractivity contribution in [2.45, 2.75) is 46.0 Å². The van der Waals surface area contributed by atoms with Gasteiger partial charge < -0.3 is 4.74 Å². The summed E-state index contributed by atoms with van der Waals surface area (Å²) in [5.41, 5.74) is 0.949. The molecule has 1 aliphatic carbocycles. The number of rotatable bonds is 5. The Labute approximate surface area is 151 Å². The smallest absolute Gasteiger partial charge is 0.261 e. The maximum absolute atomic E-state index is 14.5. The van der Waals surface area contributed by atoms with Crippen molar-refractivity contribution >= 4 is 29.1 Å². The Kier molecular flexibility index (Phi) is 5.13. The highest BCUT2D eigenvalue weighted by Gasteiger charge is 2.42. The van der Waals surface area contributed by atoms with Crippen LogP contribution in [0.3, 0.4) is 0 Å². The maximum Gasteiger partial charge on any atom is 0.261 e. The molecule has 0 bridgehead atoms. The van der Waals surface area contributed by atoms with Crippen molar-refractivity contribution in [3.8, 4) is 5.75 Å². The molecule has 0 radical (unpaired) electrons. The van der Waals surface area contributed by atoms with Crippen molar-refractivity contribution in [2.24, 2.45) is 5.92 Å². The summed E-state index contributed by atoms with van der Waals surface area (Å²) in [5.74, 6) is -0.925. The Hall–Kier alpha value is -1.88. The van der Waals surface area contributed by atoms with E-state index < -0.39 is 17.6 Å². The molecular weight excluding hydrogens is 345 g/mol.